The van der Waals surface area contributed by atoms with Crippen LogP contribution in [0.1, 0.15) is 30.9 Å². The van der Waals surface area contributed by atoms with Gasteiger partial charge in [-0.1, -0.05) is 42.5 Å². The largest absolute Gasteiger partial charge is 0.368 e. The van der Waals surface area contributed by atoms with Crippen LogP contribution >= 0.6 is 0 Å². The first-order valence-corrected chi connectivity index (χ1v) is 10.2. The van der Waals surface area contributed by atoms with Crippen molar-refractivity contribution in [2.75, 3.05) is 25.5 Å². The zero-order valence-corrected chi connectivity index (χ0v) is 17.2. The standard InChI is InChI=1S/C23H30N4O2/c1-3-24-23(27(2)17-18-9-5-4-6-10-18)25-16-19-11-7-12-20(15-19)26-22(28)21-13-8-14-29-21/h4-7,9-12,15,21H,3,8,13-14,16-17H2,1-2H3,(H,24,25)(H,26,28). The lowest BCUT2D eigenvalue weighted by molar-refractivity contribution is -0.124. The first-order valence-electron chi connectivity index (χ1n) is 10.2. The summed E-state index contributed by atoms with van der Waals surface area (Å²) in [4.78, 5) is 19.1. The van der Waals surface area contributed by atoms with Gasteiger partial charge in [-0.3, -0.25) is 4.79 Å². The maximum atomic E-state index is 12.3. The van der Waals surface area contributed by atoms with Crippen molar-refractivity contribution in [1.29, 1.82) is 0 Å². The molecule has 1 heterocycles. The van der Waals surface area contributed by atoms with E-state index in [1.165, 1.54) is 5.56 Å². The molecule has 1 aliphatic heterocycles. The van der Waals surface area contributed by atoms with Crippen molar-refractivity contribution in [1.82, 2.24) is 10.2 Å². The van der Waals surface area contributed by atoms with Gasteiger partial charge < -0.3 is 20.3 Å². The van der Waals surface area contributed by atoms with Crippen LogP contribution in [0.5, 0.6) is 0 Å². The minimum Gasteiger partial charge on any atom is -0.368 e. The molecular weight excluding hydrogens is 364 g/mol. The lowest BCUT2D eigenvalue weighted by Gasteiger charge is -2.22. The van der Waals surface area contributed by atoms with E-state index in [0.717, 1.165) is 43.1 Å². The number of benzene rings is 2. The predicted octanol–water partition coefficient (Wildman–Crippen LogP) is 3.40. The summed E-state index contributed by atoms with van der Waals surface area (Å²) in [6, 6.07) is 18.2. The molecule has 154 valence electrons. The fraction of sp³-hybridized carbons (Fsp3) is 0.391. The molecule has 0 spiro atoms. The fourth-order valence-corrected chi connectivity index (χ4v) is 3.32. The highest BCUT2D eigenvalue weighted by molar-refractivity contribution is 5.94. The van der Waals surface area contributed by atoms with E-state index >= 15 is 0 Å². The van der Waals surface area contributed by atoms with Gasteiger partial charge in [0.2, 0.25) is 0 Å². The van der Waals surface area contributed by atoms with E-state index in [2.05, 4.69) is 34.6 Å². The van der Waals surface area contributed by atoms with Crippen LogP contribution in [0.15, 0.2) is 59.6 Å². The van der Waals surface area contributed by atoms with E-state index in [1.807, 2.05) is 49.5 Å². The molecule has 1 aliphatic rings. The van der Waals surface area contributed by atoms with Crippen LogP contribution in [0.4, 0.5) is 5.69 Å². The lowest BCUT2D eigenvalue weighted by Crippen LogP contribution is -2.38. The highest BCUT2D eigenvalue weighted by Gasteiger charge is 2.23. The van der Waals surface area contributed by atoms with Crippen LogP contribution in [0.3, 0.4) is 0 Å². The van der Waals surface area contributed by atoms with E-state index in [9.17, 15) is 4.79 Å². The van der Waals surface area contributed by atoms with E-state index in [0.29, 0.717) is 13.2 Å². The van der Waals surface area contributed by atoms with E-state index in [1.54, 1.807) is 0 Å². The van der Waals surface area contributed by atoms with Gasteiger partial charge in [-0.05, 0) is 43.0 Å². The summed E-state index contributed by atoms with van der Waals surface area (Å²) in [5, 5.41) is 6.30. The number of aliphatic imine (C=N–C) groups is 1. The summed E-state index contributed by atoms with van der Waals surface area (Å²) in [6.07, 6.45) is 1.40. The van der Waals surface area contributed by atoms with Crippen LogP contribution < -0.4 is 10.6 Å². The Morgan fingerprint density at radius 3 is 2.69 bits per heavy atom. The second-order valence-electron chi connectivity index (χ2n) is 7.20. The van der Waals surface area contributed by atoms with Gasteiger partial charge in [-0.25, -0.2) is 4.99 Å². The molecule has 1 saturated heterocycles. The summed E-state index contributed by atoms with van der Waals surface area (Å²) in [5.74, 6) is 0.782. The molecule has 2 aromatic carbocycles. The zero-order valence-electron chi connectivity index (χ0n) is 17.2. The van der Waals surface area contributed by atoms with Crippen LogP contribution in [-0.4, -0.2) is 43.1 Å². The fourth-order valence-electron chi connectivity index (χ4n) is 3.32. The van der Waals surface area contributed by atoms with Gasteiger partial charge in [0.25, 0.3) is 5.91 Å². The van der Waals surface area contributed by atoms with Gasteiger partial charge in [0.15, 0.2) is 5.96 Å². The summed E-state index contributed by atoms with van der Waals surface area (Å²) >= 11 is 0. The van der Waals surface area contributed by atoms with Gasteiger partial charge in [0.05, 0.1) is 6.54 Å². The average Bonchev–Trinajstić information content (AvgIpc) is 3.27. The SMILES string of the molecule is CCNC(=NCc1cccc(NC(=O)C2CCCO2)c1)N(C)Cc1ccccc1. The van der Waals surface area contributed by atoms with Crippen LogP contribution in [0.2, 0.25) is 0 Å². The highest BCUT2D eigenvalue weighted by Crippen LogP contribution is 2.17. The van der Waals surface area contributed by atoms with Crippen LogP contribution in [0.25, 0.3) is 0 Å². The number of hydrogen-bond acceptors (Lipinski definition) is 3. The van der Waals surface area contributed by atoms with Crippen molar-refractivity contribution in [3.8, 4) is 0 Å². The Balaban J connectivity index is 1.63. The molecule has 1 amide bonds. The summed E-state index contributed by atoms with van der Waals surface area (Å²) in [7, 11) is 2.03. The zero-order chi connectivity index (χ0) is 20.5. The molecule has 6 heteroatoms. The smallest absolute Gasteiger partial charge is 0.253 e. The number of nitrogens with one attached hydrogen (secondary N) is 2. The Labute approximate surface area is 173 Å². The van der Waals surface area contributed by atoms with Crippen molar-refractivity contribution in [2.45, 2.75) is 39.0 Å². The molecule has 29 heavy (non-hydrogen) atoms. The molecule has 1 fully saturated rings. The topological polar surface area (TPSA) is 66.0 Å². The number of carbonyl (C=O) groups excluding carboxylic acids is 1. The van der Waals surface area contributed by atoms with E-state index in [-0.39, 0.29) is 12.0 Å². The predicted molar refractivity (Wildman–Crippen MR) is 117 cm³/mol. The second-order valence-corrected chi connectivity index (χ2v) is 7.20. The average molecular weight is 395 g/mol. The Morgan fingerprint density at radius 1 is 1.17 bits per heavy atom. The molecule has 3 rings (SSSR count). The number of carbonyl (C=O) groups is 1. The molecule has 1 atom stereocenters. The normalized spacial score (nSPS) is 16.5. The number of amides is 1. The van der Waals surface area contributed by atoms with Crippen molar-refractivity contribution >= 4 is 17.6 Å². The number of anilines is 1. The van der Waals surface area contributed by atoms with Crippen molar-refractivity contribution < 1.29 is 9.53 Å². The lowest BCUT2D eigenvalue weighted by atomic mass is 10.2. The van der Waals surface area contributed by atoms with Gasteiger partial charge in [0.1, 0.15) is 6.10 Å². The molecule has 2 N–H and O–H groups in total. The molecular formula is C23H30N4O2. The molecule has 2 aromatic rings. The van der Waals surface area contributed by atoms with Crippen molar-refractivity contribution in [3.63, 3.8) is 0 Å². The van der Waals surface area contributed by atoms with Gasteiger partial charge in [0, 0.05) is 32.4 Å². The first kappa shape index (κ1) is 20.9. The van der Waals surface area contributed by atoms with Crippen molar-refractivity contribution in [2.24, 2.45) is 4.99 Å². The van der Waals surface area contributed by atoms with Gasteiger partial charge in [-0.15, -0.1) is 0 Å². The first-order chi connectivity index (χ1) is 14.2. The van der Waals surface area contributed by atoms with Crippen LogP contribution in [-0.2, 0) is 22.6 Å². The molecule has 0 aromatic heterocycles. The number of ether oxygens (including phenoxy) is 1. The molecule has 0 radical (unpaired) electrons. The highest BCUT2D eigenvalue weighted by atomic mass is 16.5. The maximum absolute atomic E-state index is 12.3. The Hall–Kier alpha value is -2.86. The second kappa shape index (κ2) is 10.6. The third-order valence-corrected chi connectivity index (χ3v) is 4.79. The minimum atomic E-state index is -0.330. The number of rotatable bonds is 7. The van der Waals surface area contributed by atoms with Gasteiger partial charge in [-0.2, -0.15) is 0 Å². The molecule has 1 unspecified atom stereocenters. The summed E-state index contributed by atoms with van der Waals surface area (Å²) in [5.41, 5.74) is 3.05. The Bertz CT molecular complexity index is 817. The Morgan fingerprint density at radius 2 is 1.97 bits per heavy atom. The number of guanidine groups is 1. The third-order valence-electron chi connectivity index (χ3n) is 4.79. The number of hydrogen-bond donors (Lipinski definition) is 2. The van der Waals surface area contributed by atoms with Crippen LogP contribution in [0, 0.1) is 0 Å². The van der Waals surface area contributed by atoms with Crippen molar-refractivity contribution in [3.05, 3.63) is 65.7 Å². The van der Waals surface area contributed by atoms with E-state index in [4.69, 9.17) is 9.73 Å². The monoisotopic (exact) mass is 394 g/mol. The molecule has 6 nitrogen and oxygen atoms in total. The van der Waals surface area contributed by atoms with E-state index < -0.39 is 0 Å². The summed E-state index contributed by atoms with van der Waals surface area (Å²) in [6.45, 7) is 4.84. The van der Waals surface area contributed by atoms with Gasteiger partial charge >= 0.3 is 0 Å². The third kappa shape index (κ3) is 6.32. The Kier molecular flexibility index (Phi) is 7.64. The molecule has 0 saturated carbocycles. The quantitative estimate of drug-likeness (QED) is 0.558. The molecule has 0 bridgehead atoms. The summed E-state index contributed by atoms with van der Waals surface area (Å²) < 4.78 is 5.45. The number of nitrogens with zero attached hydrogens (tertiary/aromatic N) is 2. The molecule has 0 aliphatic carbocycles. The maximum Gasteiger partial charge on any atom is 0.253 e. The minimum absolute atomic E-state index is 0.0703.